The summed E-state index contributed by atoms with van der Waals surface area (Å²) in [4.78, 5) is 4.51. The van der Waals surface area contributed by atoms with Crippen LogP contribution in [-0.4, -0.2) is 19.1 Å². The summed E-state index contributed by atoms with van der Waals surface area (Å²) in [6, 6.07) is 6.36. The summed E-state index contributed by atoms with van der Waals surface area (Å²) in [5.41, 5.74) is 3.61. The Bertz CT molecular complexity index is 522. The van der Waals surface area contributed by atoms with E-state index in [4.69, 9.17) is 4.74 Å². The number of benzene rings is 1. The van der Waals surface area contributed by atoms with E-state index in [-0.39, 0.29) is 0 Å². The molecular formula is C14H18N2OS. The average Bonchev–Trinajstić information content (AvgIpc) is 2.86. The standard InChI is InChI=1S/C14H18N2OS/c1-4-10-5-6-13(17-3)11(7-10)8-12-9-18-14(15-2)16-12/h5-7,9H,4,8H2,1-3H3,(H,15,16). The van der Waals surface area contributed by atoms with Gasteiger partial charge in [0.15, 0.2) is 5.13 Å². The summed E-state index contributed by atoms with van der Waals surface area (Å²) in [7, 11) is 3.60. The van der Waals surface area contributed by atoms with Crippen molar-refractivity contribution in [3.63, 3.8) is 0 Å². The molecular weight excluding hydrogens is 244 g/mol. The van der Waals surface area contributed by atoms with Gasteiger partial charge in [-0.1, -0.05) is 19.1 Å². The van der Waals surface area contributed by atoms with E-state index in [0.29, 0.717) is 0 Å². The van der Waals surface area contributed by atoms with Crippen LogP contribution in [0.15, 0.2) is 23.6 Å². The summed E-state index contributed by atoms with van der Waals surface area (Å²) in [6.45, 7) is 2.16. The fourth-order valence-corrected chi connectivity index (χ4v) is 2.56. The monoisotopic (exact) mass is 262 g/mol. The largest absolute Gasteiger partial charge is 0.496 e. The quantitative estimate of drug-likeness (QED) is 0.897. The number of anilines is 1. The molecule has 1 aromatic heterocycles. The van der Waals surface area contributed by atoms with Crippen molar-refractivity contribution in [3.05, 3.63) is 40.4 Å². The molecule has 2 rings (SSSR count). The number of nitrogens with one attached hydrogen (secondary N) is 1. The molecule has 3 nitrogen and oxygen atoms in total. The summed E-state index contributed by atoms with van der Waals surface area (Å²) >= 11 is 1.63. The van der Waals surface area contributed by atoms with Gasteiger partial charge >= 0.3 is 0 Å². The number of hydrogen-bond donors (Lipinski definition) is 1. The molecule has 2 aromatic rings. The molecule has 0 fully saturated rings. The van der Waals surface area contributed by atoms with E-state index in [1.807, 2.05) is 13.1 Å². The minimum absolute atomic E-state index is 0.815. The third kappa shape index (κ3) is 2.82. The van der Waals surface area contributed by atoms with Gasteiger partial charge in [0.2, 0.25) is 0 Å². The molecule has 1 N–H and O–H groups in total. The second-order valence-corrected chi connectivity index (χ2v) is 4.93. The van der Waals surface area contributed by atoms with E-state index < -0.39 is 0 Å². The van der Waals surface area contributed by atoms with E-state index in [2.05, 4.69) is 34.7 Å². The molecule has 0 aliphatic carbocycles. The zero-order chi connectivity index (χ0) is 13.0. The van der Waals surface area contributed by atoms with Crippen LogP contribution >= 0.6 is 11.3 Å². The van der Waals surface area contributed by atoms with Gasteiger partial charge in [0.1, 0.15) is 5.75 Å². The van der Waals surface area contributed by atoms with Gasteiger partial charge in [0.25, 0.3) is 0 Å². The molecule has 0 aliphatic heterocycles. The molecule has 18 heavy (non-hydrogen) atoms. The topological polar surface area (TPSA) is 34.1 Å². The van der Waals surface area contributed by atoms with Gasteiger partial charge in [-0.05, 0) is 18.1 Å². The Morgan fingerprint density at radius 3 is 2.83 bits per heavy atom. The Balaban J connectivity index is 2.25. The van der Waals surface area contributed by atoms with E-state index in [1.54, 1.807) is 18.4 Å². The van der Waals surface area contributed by atoms with Crippen molar-refractivity contribution >= 4 is 16.5 Å². The van der Waals surface area contributed by atoms with E-state index >= 15 is 0 Å². The number of thiazole rings is 1. The lowest BCUT2D eigenvalue weighted by Crippen LogP contribution is -1.96. The van der Waals surface area contributed by atoms with Gasteiger partial charge in [-0.25, -0.2) is 4.98 Å². The first-order valence-corrected chi connectivity index (χ1v) is 6.92. The van der Waals surface area contributed by atoms with Crippen LogP contribution < -0.4 is 10.1 Å². The van der Waals surface area contributed by atoms with Gasteiger partial charge in [0, 0.05) is 24.4 Å². The summed E-state index contributed by atoms with van der Waals surface area (Å²) in [6.07, 6.45) is 1.85. The normalized spacial score (nSPS) is 10.4. The predicted octanol–water partition coefficient (Wildman–Crippen LogP) is 3.35. The second kappa shape index (κ2) is 5.87. The fraction of sp³-hybridized carbons (Fsp3) is 0.357. The first-order valence-electron chi connectivity index (χ1n) is 6.04. The van der Waals surface area contributed by atoms with Gasteiger partial charge in [0.05, 0.1) is 12.8 Å². The Morgan fingerprint density at radius 1 is 1.39 bits per heavy atom. The van der Waals surface area contributed by atoms with E-state index in [9.17, 15) is 0 Å². The Hall–Kier alpha value is -1.55. The van der Waals surface area contributed by atoms with Crippen LogP contribution in [0.4, 0.5) is 5.13 Å². The van der Waals surface area contributed by atoms with E-state index in [0.717, 1.165) is 29.4 Å². The SMILES string of the molecule is CCc1ccc(OC)c(Cc2csc(NC)n2)c1. The maximum atomic E-state index is 5.41. The second-order valence-electron chi connectivity index (χ2n) is 4.07. The average molecular weight is 262 g/mol. The molecule has 0 atom stereocenters. The molecule has 1 heterocycles. The molecule has 0 bridgehead atoms. The molecule has 0 saturated carbocycles. The van der Waals surface area contributed by atoms with Crippen LogP contribution in [0.2, 0.25) is 0 Å². The molecule has 0 saturated heterocycles. The van der Waals surface area contributed by atoms with Gasteiger partial charge in [-0.2, -0.15) is 0 Å². The molecule has 0 spiro atoms. The van der Waals surface area contributed by atoms with Crippen LogP contribution in [0.1, 0.15) is 23.7 Å². The Morgan fingerprint density at radius 2 is 2.22 bits per heavy atom. The van der Waals surface area contributed by atoms with Crippen molar-refractivity contribution in [2.45, 2.75) is 19.8 Å². The highest BCUT2D eigenvalue weighted by Gasteiger charge is 2.08. The van der Waals surface area contributed by atoms with Gasteiger partial charge in [-0.15, -0.1) is 11.3 Å². The van der Waals surface area contributed by atoms with Crippen LogP contribution in [0.3, 0.4) is 0 Å². The Labute approximate surface area is 112 Å². The van der Waals surface area contributed by atoms with Crippen molar-refractivity contribution in [1.82, 2.24) is 4.98 Å². The molecule has 0 unspecified atom stereocenters. The van der Waals surface area contributed by atoms with Crippen LogP contribution in [0.5, 0.6) is 5.75 Å². The van der Waals surface area contributed by atoms with E-state index in [1.165, 1.54) is 11.1 Å². The lowest BCUT2D eigenvalue weighted by Gasteiger charge is -2.09. The zero-order valence-electron chi connectivity index (χ0n) is 11.0. The molecule has 1 aromatic carbocycles. The highest BCUT2D eigenvalue weighted by atomic mass is 32.1. The zero-order valence-corrected chi connectivity index (χ0v) is 11.8. The van der Waals surface area contributed by atoms with Gasteiger partial charge in [-0.3, -0.25) is 0 Å². The van der Waals surface area contributed by atoms with Crippen molar-refractivity contribution in [3.8, 4) is 5.75 Å². The predicted molar refractivity (Wildman–Crippen MR) is 76.8 cm³/mol. The Kier molecular flexibility index (Phi) is 4.20. The maximum absolute atomic E-state index is 5.41. The number of rotatable bonds is 5. The number of nitrogens with zero attached hydrogens (tertiary/aromatic N) is 1. The minimum Gasteiger partial charge on any atom is -0.496 e. The number of aromatic nitrogens is 1. The van der Waals surface area contributed by atoms with Crippen molar-refractivity contribution in [2.24, 2.45) is 0 Å². The smallest absolute Gasteiger partial charge is 0.182 e. The highest BCUT2D eigenvalue weighted by Crippen LogP contribution is 2.25. The maximum Gasteiger partial charge on any atom is 0.182 e. The number of ether oxygens (including phenoxy) is 1. The first-order chi connectivity index (χ1) is 8.76. The molecule has 0 radical (unpaired) electrons. The summed E-state index contributed by atoms with van der Waals surface area (Å²) in [5.74, 6) is 0.936. The fourth-order valence-electron chi connectivity index (χ4n) is 1.89. The third-order valence-corrected chi connectivity index (χ3v) is 3.80. The minimum atomic E-state index is 0.815. The first kappa shape index (κ1) is 12.9. The van der Waals surface area contributed by atoms with Crippen molar-refractivity contribution in [1.29, 1.82) is 0 Å². The molecule has 4 heteroatoms. The van der Waals surface area contributed by atoms with Crippen LogP contribution in [0, 0.1) is 0 Å². The lowest BCUT2D eigenvalue weighted by atomic mass is 10.0. The highest BCUT2D eigenvalue weighted by molar-refractivity contribution is 7.13. The van der Waals surface area contributed by atoms with Gasteiger partial charge < -0.3 is 10.1 Å². The third-order valence-electron chi connectivity index (χ3n) is 2.89. The summed E-state index contributed by atoms with van der Waals surface area (Å²) in [5, 5.41) is 6.10. The number of aryl methyl sites for hydroxylation is 1. The lowest BCUT2D eigenvalue weighted by molar-refractivity contribution is 0.410. The molecule has 0 aliphatic rings. The van der Waals surface area contributed by atoms with Crippen LogP contribution in [0.25, 0.3) is 0 Å². The van der Waals surface area contributed by atoms with Crippen LogP contribution in [-0.2, 0) is 12.8 Å². The van der Waals surface area contributed by atoms with Crippen molar-refractivity contribution in [2.75, 3.05) is 19.5 Å². The van der Waals surface area contributed by atoms with Crippen molar-refractivity contribution < 1.29 is 4.74 Å². The summed E-state index contributed by atoms with van der Waals surface area (Å²) < 4.78 is 5.41. The molecule has 0 amide bonds. The molecule has 96 valence electrons. The number of methoxy groups -OCH3 is 1. The number of hydrogen-bond acceptors (Lipinski definition) is 4.